The molecule has 1 saturated heterocycles. The van der Waals surface area contributed by atoms with Gasteiger partial charge in [-0.1, -0.05) is 13.0 Å². The fourth-order valence-corrected chi connectivity index (χ4v) is 3.77. The van der Waals surface area contributed by atoms with Crippen LogP contribution in [-0.4, -0.2) is 51.4 Å². The normalized spacial score (nSPS) is 23.4. The molecule has 3 rings (SSSR count). The van der Waals surface area contributed by atoms with Crippen LogP contribution in [0.5, 0.6) is 5.88 Å². The van der Waals surface area contributed by atoms with Gasteiger partial charge < -0.3 is 9.84 Å². The molecule has 0 saturated carbocycles. The van der Waals surface area contributed by atoms with Crippen molar-refractivity contribution in [2.75, 3.05) is 19.7 Å². The average molecular weight is 407 g/mol. The summed E-state index contributed by atoms with van der Waals surface area (Å²) < 4.78 is 35.9. The van der Waals surface area contributed by atoms with Crippen LogP contribution in [0.4, 0.5) is 8.78 Å². The van der Waals surface area contributed by atoms with E-state index >= 15 is 4.39 Å². The molecule has 29 heavy (non-hydrogen) atoms. The molecule has 1 aliphatic heterocycles. The Balaban J connectivity index is 1.72. The molecule has 0 radical (unpaired) electrons. The van der Waals surface area contributed by atoms with Crippen molar-refractivity contribution in [2.24, 2.45) is 5.92 Å². The van der Waals surface area contributed by atoms with E-state index in [0.717, 1.165) is 12.5 Å². The zero-order valence-corrected chi connectivity index (χ0v) is 16.8. The maximum absolute atomic E-state index is 15.5. The standard InChI is InChI=1S/C21H27F2N3O3/c1-3-10-29-18-11-14(2)24-20(25-18)16-4-7-21(23,17(22)13-16)26-8-5-15(6-9-26)12-19(27)28/h4,11,13,15H,3,5-10,12H2,1-2H3,(H,27,28). The molecule has 1 N–H and O–H groups in total. The van der Waals surface area contributed by atoms with Crippen molar-refractivity contribution in [3.8, 4) is 5.88 Å². The molecule has 0 aromatic carbocycles. The van der Waals surface area contributed by atoms with E-state index in [-0.39, 0.29) is 18.8 Å². The molecule has 6 nitrogen and oxygen atoms in total. The molecule has 1 aromatic heterocycles. The zero-order chi connectivity index (χ0) is 21.0. The summed E-state index contributed by atoms with van der Waals surface area (Å²) in [6.07, 6.45) is 4.63. The van der Waals surface area contributed by atoms with Crippen LogP contribution >= 0.6 is 0 Å². The van der Waals surface area contributed by atoms with Crippen LogP contribution in [0.1, 0.15) is 50.5 Å². The second-order valence-electron chi connectivity index (χ2n) is 7.66. The number of carbonyl (C=O) groups is 1. The van der Waals surface area contributed by atoms with Gasteiger partial charge in [-0.3, -0.25) is 9.69 Å². The van der Waals surface area contributed by atoms with Gasteiger partial charge in [-0.05, 0) is 38.2 Å². The molecule has 0 amide bonds. The highest BCUT2D eigenvalue weighted by molar-refractivity contribution is 5.72. The minimum absolute atomic E-state index is 0.0105. The van der Waals surface area contributed by atoms with Gasteiger partial charge in [-0.15, -0.1) is 0 Å². The van der Waals surface area contributed by atoms with E-state index in [2.05, 4.69) is 9.97 Å². The van der Waals surface area contributed by atoms with Gasteiger partial charge in [-0.25, -0.2) is 13.8 Å². The summed E-state index contributed by atoms with van der Waals surface area (Å²) in [5, 5.41) is 8.91. The first-order valence-corrected chi connectivity index (χ1v) is 10.0. The lowest BCUT2D eigenvalue weighted by Gasteiger charge is -2.41. The predicted octanol–water partition coefficient (Wildman–Crippen LogP) is 4.07. The summed E-state index contributed by atoms with van der Waals surface area (Å²) in [6.45, 7) is 4.96. The lowest BCUT2D eigenvalue weighted by Crippen LogP contribution is -2.50. The quantitative estimate of drug-likeness (QED) is 0.687. The van der Waals surface area contributed by atoms with Gasteiger partial charge in [0.2, 0.25) is 11.7 Å². The largest absolute Gasteiger partial charge is 0.481 e. The summed E-state index contributed by atoms with van der Waals surface area (Å²) in [5.74, 6) is -3.18. The number of aliphatic carboxylic acids is 1. The Hall–Kier alpha value is -2.35. The lowest BCUT2D eigenvalue weighted by atomic mass is 9.90. The molecule has 2 aliphatic rings. The lowest BCUT2D eigenvalue weighted by molar-refractivity contribution is -0.138. The Kier molecular flexibility index (Phi) is 6.62. The molecule has 0 spiro atoms. The monoisotopic (exact) mass is 407 g/mol. The Labute approximate surface area is 169 Å². The fraction of sp³-hybridized carbons (Fsp3) is 0.571. The maximum Gasteiger partial charge on any atom is 0.303 e. The molecular weight excluding hydrogens is 380 g/mol. The Morgan fingerprint density at radius 3 is 2.72 bits per heavy atom. The highest BCUT2D eigenvalue weighted by Crippen LogP contribution is 2.40. The van der Waals surface area contributed by atoms with Crippen LogP contribution in [0.15, 0.2) is 24.0 Å². The minimum atomic E-state index is -2.21. The van der Waals surface area contributed by atoms with Gasteiger partial charge >= 0.3 is 5.97 Å². The molecule has 1 aromatic rings. The van der Waals surface area contributed by atoms with Crippen molar-refractivity contribution in [1.82, 2.24) is 14.9 Å². The second kappa shape index (κ2) is 8.98. The Bertz CT molecular complexity index is 819. The minimum Gasteiger partial charge on any atom is -0.481 e. The third-order valence-electron chi connectivity index (χ3n) is 5.36. The predicted molar refractivity (Wildman–Crippen MR) is 105 cm³/mol. The highest BCUT2D eigenvalue weighted by atomic mass is 19.2. The molecule has 1 unspecified atom stereocenters. The number of aryl methyl sites for hydroxylation is 1. The van der Waals surface area contributed by atoms with Crippen molar-refractivity contribution >= 4 is 11.5 Å². The number of alkyl halides is 1. The van der Waals surface area contributed by atoms with Gasteiger partial charge in [0.1, 0.15) is 0 Å². The van der Waals surface area contributed by atoms with Gasteiger partial charge in [0, 0.05) is 43.3 Å². The summed E-state index contributed by atoms with van der Waals surface area (Å²) in [5.41, 5.74) is 1.12. The molecule has 1 aliphatic carbocycles. The van der Waals surface area contributed by atoms with Crippen molar-refractivity contribution in [3.05, 3.63) is 35.6 Å². The number of hydrogen-bond acceptors (Lipinski definition) is 5. The number of hydrogen-bond donors (Lipinski definition) is 1. The number of aromatic nitrogens is 2. The summed E-state index contributed by atoms with van der Waals surface area (Å²) >= 11 is 0. The van der Waals surface area contributed by atoms with E-state index < -0.39 is 17.6 Å². The number of likely N-dealkylation sites (tertiary alicyclic amines) is 1. The van der Waals surface area contributed by atoms with E-state index in [9.17, 15) is 9.18 Å². The van der Waals surface area contributed by atoms with E-state index in [1.807, 2.05) is 6.92 Å². The van der Waals surface area contributed by atoms with Crippen LogP contribution in [0.3, 0.4) is 0 Å². The van der Waals surface area contributed by atoms with Gasteiger partial charge in [0.15, 0.2) is 11.7 Å². The van der Waals surface area contributed by atoms with E-state index in [0.29, 0.717) is 55.5 Å². The Morgan fingerprint density at radius 1 is 1.38 bits per heavy atom. The van der Waals surface area contributed by atoms with Crippen molar-refractivity contribution in [2.45, 2.75) is 51.7 Å². The molecule has 2 heterocycles. The summed E-state index contributed by atoms with van der Waals surface area (Å²) in [7, 11) is 0. The number of allylic oxidation sites excluding steroid dienone is 2. The first-order valence-electron chi connectivity index (χ1n) is 10.0. The summed E-state index contributed by atoms with van der Waals surface area (Å²) in [6, 6.07) is 1.71. The number of carboxylic acids is 1. The van der Waals surface area contributed by atoms with Crippen molar-refractivity contribution in [3.63, 3.8) is 0 Å². The molecule has 0 bridgehead atoms. The molecule has 1 atom stereocenters. The van der Waals surface area contributed by atoms with Crippen LogP contribution < -0.4 is 4.74 Å². The fourth-order valence-electron chi connectivity index (χ4n) is 3.77. The van der Waals surface area contributed by atoms with Crippen LogP contribution in [0.2, 0.25) is 0 Å². The van der Waals surface area contributed by atoms with Crippen molar-refractivity contribution in [1.29, 1.82) is 0 Å². The van der Waals surface area contributed by atoms with Gasteiger partial charge in [-0.2, -0.15) is 4.98 Å². The third-order valence-corrected chi connectivity index (χ3v) is 5.36. The number of nitrogens with zero attached hydrogens (tertiary/aromatic N) is 3. The number of piperidine rings is 1. The number of halogens is 2. The topological polar surface area (TPSA) is 75.5 Å². The van der Waals surface area contributed by atoms with Crippen LogP contribution in [-0.2, 0) is 4.79 Å². The van der Waals surface area contributed by atoms with Crippen LogP contribution in [0.25, 0.3) is 5.57 Å². The number of rotatable bonds is 7. The van der Waals surface area contributed by atoms with Gasteiger partial charge in [0.25, 0.3) is 0 Å². The molecule has 1 fully saturated rings. The zero-order valence-electron chi connectivity index (χ0n) is 16.8. The van der Waals surface area contributed by atoms with Crippen molar-refractivity contribution < 1.29 is 23.4 Å². The second-order valence-corrected chi connectivity index (χ2v) is 7.66. The van der Waals surface area contributed by atoms with E-state index in [4.69, 9.17) is 9.84 Å². The van der Waals surface area contributed by atoms with E-state index in [1.54, 1.807) is 19.1 Å². The van der Waals surface area contributed by atoms with Crippen LogP contribution in [0, 0.1) is 12.8 Å². The summed E-state index contributed by atoms with van der Waals surface area (Å²) in [4.78, 5) is 21.0. The molecule has 158 valence electrons. The SMILES string of the molecule is CCCOc1cc(C)nc(C2=CCC(F)(N3CCC(CC(=O)O)CC3)C(F)=C2)n1. The Morgan fingerprint density at radius 2 is 2.10 bits per heavy atom. The smallest absolute Gasteiger partial charge is 0.303 e. The molecule has 8 heteroatoms. The van der Waals surface area contributed by atoms with E-state index in [1.165, 1.54) is 4.90 Å². The number of carboxylic acid groups (broad SMARTS) is 1. The third kappa shape index (κ3) is 4.98. The first kappa shape index (κ1) is 21.4. The average Bonchev–Trinajstić information content (AvgIpc) is 2.68. The molecular formula is C21H27F2N3O3. The maximum atomic E-state index is 15.5. The number of ether oxygens (including phenoxy) is 1. The highest BCUT2D eigenvalue weighted by Gasteiger charge is 2.44. The van der Waals surface area contributed by atoms with Gasteiger partial charge in [0.05, 0.1) is 6.61 Å². The first-order chi connectivity index (χ1) is 13.8.